The third kappa shape index (κ3) is 1.51. The number of ether oxygens (including phenoxy) is 1. The van der Waals surface area contributed by atoms with Crippen molar-refractivity contribution in [1.82, 2.24) is 0 Å². The third-order valence-electron chi connectivity index (χ3n) is 2.21. The molecule has 2 N–H and O–H groups in total. The Morgan fingerprint density at radius 2 is 2.36 bits per heavy atom. The second-order valence-corrected chi connectivity index (χ2v) is 4.40. The summed E-state index contributed by atoms with van der Waals surface area (Å²) < 4.78 is 19.6. The van der Waals surface area contributed by atoms with Crippen LogP contribution in [0.4, 0.5) is 4.39 Å². The van der Waals surface area contributed by atoms with E-state index in [4.69, 9.17) is 22.1 Å². The van der Waals surface area contributed by atoms with Crippen LogP contribution in [0.3, 0.4) is 0 Å². The average molecular weight is 281 g/mol. The van der Waals surface area contributed by atoms with Gasteiger partial charge < -0.3 is 10.5 Å². The Morgan fingerprint density at radius 1 is 1.64 bits per heavy atom. The number of rotatable bonds is 0. The van der Waals surface area contributed by atoms with Crippen molar-refractivity contribution in [3.05, 3.63) is 26.9 Å². The summed E-state index contributed by atoms with van der Waals surface area (Å²) in [6, 6.07) is 1.14. The van der Waals surface area contributed by atoms with Gasteiger partial charge in [-0.15, -0.1) is 0 Å². The smallest absolute Gasteiger partial charge is 0.150 e. The van der Waals surface area contributed by atoms with E-state index in [1.807, 2.05) is 0 Å². The Hall–Kier alpha value is -0.320. The number of hydrogen-bond donors (Lipinski definition) is 1. The van der Waals surface area contributed by atoms with Crippen LogP contribution in [0.5, 0.6) is 5.75 Å². The van der Waals surface area contributed by atoms with Gasteiger partial charge in [-0.3, -0.25) is 0 Å². The highest BCUT2D eigenvalue weighted by molar-refractivity contribution is 9.10. The van der Waals surface area contributed by atoms with Gasteiger partial charge >= 0.3 is 0 Å². The van der Waals surface area contributed by atoms with Crippen molar-refractivity contribution in [2.75, 3.05) is 6.61 Å². The van der Waals surface area contributed by atoms with Gasteiger partial charge in [-0.25, -0.2) is 4.39 Å². The summed E-state index contributed by atoms with van der Waals surface area (Å²) in [4.78, 5) is 0. The lowest BCUT2D eigenvalue weighted by molar-refractivity contribution is 0.262. The van der Waals surface area contributed by atoms with E-state index in [9.17, 15) is 4.39 Å². The lowest BCUT2D eigenvalue weighted by atomic mass is 10.0. The van der Waals surface area contributed by atoms with E-state index in [0.717, 1.165) is 0 Å². The Morgan fingerprint density at radius 3 is 3.07 bits per heavy atom. The SMILES string of the molecule is NC1CCOc2c(Br)cc(Cl)c(F)c21. The first kappa shape index (κ1) is 10.2. The van der Waals surface area contributed by atoms with Crippen LogP contribution in [0.1, 0.15) is 18.0 Å². The zero-order chi connectivity index (χ0) is 10.3. The van der Waals surface area contributed by atoms with E-state index in [2.05, 4.69) is 15.9 Å². The topological polar surface area (TPSA) is 35.2 Å². The molecule has 0 fully saturated rings. The molecular formula is C9H8BrClFNO. The third-order valence-corrected chi connectivity index (χ3v) is 3.07. The molecule has 0 aliphatic carbocycles. The van der Waals surface area contributed by atoms with Crippen molar-refractivity contribution in [3.63, 3.8) is 0 Å². The summed E-state index contributed by atoms with van der Waals surface area (Å²) in [6.45, 7) is 0.508. The molecule has 1 aliphatic heterocycles. The van der Waals surface area contributed by atoms with Gasteiger partial charge in [0.15, 0.2) is 0 Å². The number of halogens is 3. The predicted molar refractivity (Wildman–Crippen MR) is 56.2 cm³/mol. The molecule has 1 aromatic rings. The molecule has 1 heterocycles. The number of benzene rings is 1. The molecular weight excluding hydrogens is 272 g/mol. The molecule has 1 unspecified atom stereocenters. The average Bonchev–Trinajstić information content (AvgIpc) is 2.14. The first-order valence-corrected chi connectivity index (χ1v) is 5.34. The van der Waals surface area contributed by atoms with Crippen molar-refractivity contribution < 1.29 is 9.13 Å². The van der Waals surface area contributed by atoms with E-state index in [1.165, 1.54) is 6.07 Å². The normalized spacial score (nSPS) is 20.1. The molecule has 0 radical (unpaired) electrons. The molecule has 5 heteroatoms. The molecule has 0 bridgehead atoms. The lowest BCUT2D eigenvalue weighted by Gasteiger charge is -2.24. The molecule has 0 saturated carbocycles. The first-order chi connectivity index (χ1) is 6.61. The Labute approximate surface area is 94.3 Å². The van der Waals surface area contributed by atoms with E-state index in [1.54, 1.807) is 0 Å². The summed E-state index contributed by atoms with van der Waals surface area (Å²) in [6.07, 6.45) is 0.608. The second-order valence-electron chi connectivity index (χ2n) is 3.14. The lowest BCUT2D eigenvalue weighted by Crippen LogP contribution is -2.22. The van der Waals surface area contributed by atoms with Crippen LogP contribution in [0.25, 0.3) is 0 Å². The summed E-state index contributed by atoms with van der Waals surface area (Å²) in [5, 5.41) is 0.0663. The van der Waals surface area contributed by atoms with Crippen LogP contribution in [0, 0.1) is 5.82 Å². The van der Waals surface area contributed by atoms with Gasteiger partial charge in [-0.05, 0) is 22.0 Å². The maximum Gasteiger partial charge on any atom is 0.150 e. The van der Waals surface area contributed by atoms with Gasteiger partial charge in [0.2, 0.25) is 0 Å². The van der Waals surface area contributed by atoms with Crippen molar-refractivity contribution in [2.45, 2.75) is 12.5 Å². The standard InChI is InChI=1S/C9H8BrClFNO/c10-4-3-5(11)8(12)7-6(13)1-2-14-9(4)7/h3,6H,1-2,13H2. The summed E-state index contributed by atoms with van der Waals surface area (Å²) >= 11 is 8.96. The molecule has 2 nitrogen and oxygen atoms in total. The fraction of sp³-hybridized carbons (Fsp3) is 0.333. The molecule has 0 amide bonds. The highest BCUT2D eigenvalue weighted by Gasteiger charge is 2.26. The van der Waals surface area contributed by atoms with Crippen LogP contribution in [0.15, 0.2) is 10.5 Å². The van der Waals surface area contributed by atoms with Crippen molar-refractivity contribution in [1.29, 1.82) is 0 Å². The second kappa shape index (κ2) is 3.68. The minimum absolute atomic E-state index is 0.0663. The highest BCUT2D eigenvalue weighted by Crippen LogP contribution is 2.41. The highest BCUT2D eigenvalue weighted by atomic mass is 79.9. The fourth-order valence-electron chi connectivity index (χ4n) is 1.51. The molecule has 0 saturated heterocycles. The van der Waals surface area contributed by atoms with Gasteiger partial charge in [0.1, 0.15) is 11.6 Å². The van der Waals surface area contributed by atoms with Crippen LogP contribution in [-0.4, -0.2) is 6.61 Å². The number of nitrogens with two attached hydrogens (primary N) is 1. The number of fused-ring (bicyclic) bond motifs is 1. The predicted octanol–water partition coefficient (Wildman–Crippen LogP) is 3.02. The molecule has 1 aliphatic rings. The van der Waals surface area contributed by atoms with Crippen LogP contribution in [0.2, 0.25) is 5.02 Å². The van der Waals surface area contributed by atoms with Crippen molar-refractivity contribution in [2.24, 2.45) is 5.73 Å². The number of hydrogen-bond acceptors (Lipinski definition) is 2. The maximum absolute atomic E-state index is 13.6. The molecule has 0 aromatic heterocycles. The van der Waals surface area contributed by atoms with Crippen molar-refractivity contribution >= 4 is 27.5 Å². The Balaban J connectivity index is 2.67. The molecule has 2 rings (SSSR count). The van der Waals surface area contributed by atoms with E-state index >= 15 is 0 Å². The molecule has 76 valence electrons. The van der Waals surface area contributed by atoms with E-state index in [-0.39, 0.29) is 11.1 Å². The van der Waals surface area contributed by atoms with Gasteiger partial charge in [0, 0.05) is 18.0 Å². The minimum atomic E-state index is -0.475. The Bertz CT molecular complexity index is 386. The summed E-state index contributed by atoms with van der Waals surface area (Å²) in [5.74, 6) is 0.00252. The van der Waals surface area contributed by atoms with Gasteiger partial charge in [-0.2, -0.15) is 0 Å². The molecule has 0 spiro atoms. The zero-order valence-corrected chi connectivity index (χ0v) is 9.53. The van der Waals surface area contributed by atoms with Gasteiger partial charge in [-0.1, -0.05) is 11.6 Å². The van der Waals surface area contributed by atoms with Crippen LogP contribution >= 0.6 is 27.5 Å². The molecule has 1 atom stereocenters. The quantitative estimate of drug-likeness (QED) is 0.741. The van der Waals surface area contributed by atoms with E-state index < -0.39 is 5.82 Å². The van der Waals surface area contributed by atoms with E-state index in [0.29, 0.717) is 28.8 Å². The zero-order valence-electron chi connectivity index (χ0n) is 7.19. The minimum Gasteiger partial charge on any atom is -0.492 e. The molecule has 1 aromatic carbocycles. The van der Waals surface area contributed by atoms with Crippen molar-refractivity contribution in [3.8, 4) is 5.75 Å². The van der Waals surface area contributed by atoms with Gasteiger partial charge in [0.05, 0.1) is 16.1 Å². The summed E-state index contributed by atoms with van der Waals surface area (Å²) in [7, 11) is 0. The van der Waals surface area contributed by atoms with Crippen LogP contribution < -0.4 is 10.5 Å². The molecule has 14 heavy (non-hydrogen) atoms. The first-order valence-electron chi connectivity index (χ1n) is 4.17. The maximum atomic E-state index is 13.6. The Kier molecular flexibility index (Phi) is 2.68. The fourth-order valence-corrected chi connectivity index (χ4v) is 2.41. The monoisotopic (exact) mass is 279 g/mol. The largest absolute Gasteiger partial charge is 0.492 e. The summed E-state index contributed by atoms with van der Waals surface area (Å²) in [5.41, 5.74) is 6.16. The van der Waals surface area contributed by atoms with Gasteiger partial charge in [0.25, 0.3) is 0 Å². The van der Waals surface area contributed by atoms with Crippen LogP contribution in [-0.2, 0) is 0 Å².